The Morgan fingerprint density at radius 2 is 1.58 bits per heavy atom. The lowest BCUT2D eigenvalue weighted by molar-refractivity contribution is -0.0621. The number of aryl methyl sites for hydroxylation is 1. The van der Waals surface area contributed by atoms with E-state index in [0.717, 1.165) is 12.8 Å². The zero-order chi connectivity index (χ0) is 12.9. The molecule has 2 atom stereocenters. The predicted octanol–water partition coefficient (Wildman–Crippen LogP) is 3.73. The van der Waals surface area contributed by atoms with E-state index in [4.69, 9.17) is 9.47 Å². The van der Waals surface area contributed by atoms with Gasteiger partial charge in [0.15, 0.2) is 6.29 Å². The third kappa shape index (κ3) is 3.22. The fourth-order valence-electron chi connectivity index (χ4n) is 2.38. The van der Waals surface area contributed by atoms with Gasteiger partial charge in [-0.15, -0.1) is 0 Å². The van der Waals surface area contributed by atoms with Gasteiger partial charge in [0.2, 0.25) is 0 Å². The fourth-order valence-corrected chi connectivity index (χ4v) is 2.38. The van der Waals surface area contributed by atoms with E-state index in [1.165, 1.54) is 11.1 Å². The van der Waals surface area contributed by atoms with Gasteiger partial charge in [0.25, 0.3) is 0 Å². The lowest BCUT2D eigenvalue weighted by Gasteiger charge is -2.11. The van der Waals surface area contributed by atoms with Crippen LogP contribution in [0.4, 0.5) is 0 Å². The molecule has 0 amide bonds. The molecule has 98 valence electrons. The summed E-state index contributed by atoms with van der Waals surface area (Å²) in [5.41, 5.74) is 2.53. The van der Waals surface area contributed by atoms with Gasteiger partial charge in [0.05, 0.1) is 6.61 Å². The van der Waals surface area contributed by atoms with Gasteiger partial charge in [-0.25, -0.2) is 0 Å². The maximum atomic E-state index is 5.95. The van der Waals surface area contributed by atoms with Crippen LogP contribution in [-0.2, 0) is 15.9 Å². The Morgan fingerprint density at radius 1 is 0.895 bits per heavy atom. The maximum absolute atomic E-state index is 5.95. The van der Waals surface area contributed by atoms with Crippen molar-refractivity contribution in [1.29, 1.82) is 0 Å². The summed E-state index contributed by atoms with van der Waals surface area (Å²) >= 11 is 0. The second kappa shape index (κ2) is 6.00. The molecule has 2 heteroatoms. The van der Waals surface area contributed by atoms with Crippen molar-refractivity contribution in [1.82, 2.24) is 0 Å². The van der Waals surface area contributed by atoms with Crippen LogP contribution < -0.4 is 0 Å². The lowest BCUT2D eigenvalue weighted by Crippen LogP contribution is -2.09. The molecule has 0 bridgehead atoms. The van der Waals surface area contributed by atoms with Crippen molar-refractivity contribution in [2.75, 3.05) is 6.61 Å². The van der Waals surface area contributed by atoms with Gasteiger partial charge in [0, 0.05) is 6.42 Å². The van der Waals surface area contributed by atoms with Crippen molar-refractivity contribution < 1.29 is 9.47 Å². The van der Waals surface area contributed by atoms with E-state index in [0.29, 0.717) is 6.61 Å². The van der Waals surface area contributed by atoms with Crippen molar-refractivity contribution >= 4 is 0 Å². The largest absolute Gasteiger partial charge is 0.350 e. The molecule has 0 aromatic heterocycles. The van der Waals surface area contributed by atoms with Crippen molar-refractivity contribution in [3.63, 3.8) is 0 Å². The van der Waals surface area contributed by atoms with E-state index in [9.17, 15) is 0 Å². The third-order valence-electron chi connectivity index (χ3n) is 3.43. The minimum absolute atomic E-state index is 0.0783. The molecule has 1 heterocycles. The van der Waals surface area contributed by atoms with Gasteiger partial charge < -0.3 is 9.47 Å². The first kappa shape index (κ1) is 12.4. The summed E-state index contributed by atoms with van der Waals surface area (Å²) in [5, 5.41) is 0. The van der Waals surface area contributed by atoms with Gasteiger partial charge in [0.1, 0.15) is 6.10 Å². The molecule has 0 spiro atoms. The molecule has 1 saturated heterocycles. The first-order chi connectivity index (χ1) is 9.42. The molecule has 0 saturated carbocycles. The SMILES string of the molecule is c1ccc(CC[C@H]2OC[C@@H](c3ccccc3)O2)cc1. The Bertz CT molecular complexity index is 495. The average Bonchev–Trinajstić information content (AvgIpc) is 2.96. The smallest absolute Gasteiger partial charge is 0.158 e. The second-order valence-corrected chi connectivity index (χ2v) is 4.82. The summed E-state index contributed by atoms with van der Waals surface area (Å²) in [4.78, 5) is 0. The minimum Gasteiger partial charge on any atom is -0.350 e. The maximum Gasteiger partial charge on any atom is 0.158 e. The zero-order valence-corrected chi connectivity index (χ0v) is 10.9. The molecule has 0 N–H and O–H groups in total. The standard InChI is InChI=1S/C17H18O2/c1-3-7-14(8-4-1)11-12-17-18-13-16(19-17)15-9-5-2-6-10-15/h1-10,16-17H,11-13H2/t16-,17-/m0/s1. The molecule has 3 rings (SSSR count). The molecule has 0 unspecified atom stereocenters. The van der Waals surface area contributed by atoms with E-state index >= 15 is 0 Å². The van der Waals surface area contributed by atoms with Crippen LogP contribution in [0.2, 0.25) is 0 Å². The van der Waals surface area contributed by atoms with E-state index in [2.05, 4.69) is 36.4 Å². The van der Waals surface area contributed by atoms with Crippen LogP contribution in [0.1, 0.15) is 23.7 Å². The normalized spacial score (nSPS) is 22.5. The molecule has 2 aromatic rings. The predicted molar refractivity (Wildman–Crippen MR) is 74.8 cm³/mol. The highest BCUT2D eigenvalue weighted by atomic mass is 16.7. The fraction of sp³-hybridized carbons (Fsp3) is 0.294. The Labute approximate surface area is 114 Å². The van der Waals surface area contributed by atoms with Gasteiger partial charge >= 0.3 is 0 Å². The van der Waals surface area contributed by atoms with Gasteiger partial charge in [-0.3, -0.25) is 0 Å². The van der Waals surface area contributed by atoms with Crippen LogP contribution in [0.3, 0.4) is 0 Å². The van der Waals surface area contributed by atoms with Gasteiger partial charge in [-0.2, -0.15) is 0 Å². The van der Waals surface area contributed by atoms with Gasteiger partial charge in [-0.05, 0) is 17.5 Å². The lowest BCUT2D eigenvalue weighted by atomic mass is 10.1. The topological polar surface area (TPSA) is 18.5 Å². The van der Waals surface area contributed by atoms with Crippen LogP contribution >= 0.6 is 0 Å². The molecule has 0 aliphatic carbocycles. The number of hydrogen-bond acceptors (Lipinski definition) is 2. The minimum atomic E-state index is -0.0783. The van der Waals surface area contributed by atoms with Crippen LogP contribution in [0, 0.1) is 0 Å². The molecule has 1 fully saturated rings. The summed E-state index contributed by atoms with van der Waals surface area (Å²) in [6.07, 6.45) is 1.91. The second-order valence-electron chi connectivity index (χ2n) is 4.82. The van der Waals surface area contributed by atoms with Crippen LogP contribution in [0.25, 0.3) is 0 Å². The number of rotatable bonds is 4. The Kier molecular flexibility index (Phi) is 3.92. The molecule has 19 heavy (non-hydrogen) atoms. The Hall–Kier alpha value is -1.64. The summed E-state index contributed by atoms with van der Waals surface area (Å²) in [6.45, 7) is 0.656. The van der Waals surface area contributed by atoms with E-state index in [-0.39, 0.29) is 12.4 Å². The zero-order valence-electron chi connectivity index (χ0n) is 10.9. The molecule has 2 nitrogen and oxygen atoms in total. The highest BCUT2D eigenvalue weighted by molar-refractivity contribution is 5.18. The average molecular weight is 254 g/mol. The first-order valence-corrected chi connectivity index (χ1v) is 6.78. The summed E-state index contributed by atoms with van der Waals surface area (Å²) in [6, 6.07) is 20.7. The Morgan fingerprint density at radius 3 is 2.32 bits per heavy atom. The van der Waals surface area contributed by atoms with Gasteiger partial charge in [-0.1, -0.05) is 60.7 Å². The molecular formula is C17H18O2. The third-order valence-corrected chi connectivity index (χ3v) is 3.43. The summed E-state index contributed by atoms with van der Waals surface area (Å²) in [5.74, 6) is 0. The van der Waals surface area contributed by atoms with Crippen molar-refractivity contribution in [3.05, 3.63) is 71.8 Å². The molecular weight excluding hydrogens is 236 g/mol. The number of hydrogen-bond donors (Lipinski definition) is 0. The van der Waals surface area contributed by atoms with E-state index < -0.39 is 0 Å². The van der Waals surface area contributed by atoms with Crippen molar-refractivity contribution in [2.45, 2.75) is 25.2 Å². The number of ether oxygens (including phenoxy) is 2. The van der Waals surface area contributed by atoms with E-state index in [1.807, 2.05) is 24.3 Å². The quantitative estimate of drug-likeness (QED) is 0.827. The Balaban J connectivity index is 1.52. The highest BCUT2D eigenvalue weighted by Crippen LogP contribution is 2.28. The summed E-state index contributed by atoms with van der Waals surface area (Å²) < 4.78 is 11.7. The van der Waals surface area contributed by atoms with Crippen LogP contribution in [0.5, 0.6) is 0 Å². The van der Waals surface area contributed by atoms with Crippen LogP contribution in [0.15, 0.2) is 60.7 Å². The first-order valence-electron chi connectivity index (χ1n) is 6.78. The van der Waals surface area contributed by atoms with Crippen molar-refractivity contribution in [3.8, 4) is 0 Å². The van der Waals surface area contributed by atoms with E-state index in [1.54, 1.807) is 0 Å². The molecule has 0 radical (unpaired) electrons. The van der Waals surface area contributed by atoms with Crippen molar-refractivity contribution in [2.24, 2.45) is 0 Å². The van der Waals surface area contributed by atoms with Crippen LogP contribution in [-0.4, -0.2) is 12.9 Å². The number of benzene rings is 2. The highest BCUT2D eigenvalue weighted by Gasteiger charge is 2.26. The summed E-state index contributed by atoms with van der Waals surface area (Å²) in [7, 11) is 0. The molecule has 2 aromatic carbocycles. The molecule has 1 aliphatic heterocycles. The molecule has 1 aliphatic rings. The monoisotopic (exact) mass is 254 g/mol.